The molecule has 0 saturated carbocycles. The van der Waals surface area contributed by atoms with E-state index in [4.69, 9.17) is 0 Å². The van der Waals surface area contributed by atoms with Crippen molar-refractivity contribution in [2.45, 2.75) is 85.2 Å². The molecule has 0 amide bonds. The maximum atomic E-state index is 10.3. The van der Waals surface area contributed by atoms with Crippen LogP contribution < -0.4 is 10.6 Å². The lowest BCUT2D eigenvalue weighted by molar-refractivity contribution is -0.0394. The van der Waals surface area contributed by atoms with E-state index in [1.165, 1.54) is 0 Å². The molecular formula is C25H41NO4. The summed E-state index contributed by atoms with van der Waals surface area (Å²) in [5, 5.41) is 42.8. The van der Waals surface area contributed by atoms with Gasteiger partial charge in [0.2, 0.25) is 0 Å². The van der Waals surface area contributed by atoms with E-state index in [-0.39, 0.29) is 12.3 Å². The Morgan fingerprint density at radius 3 is 2.27 bits per heavy atom. The molecule has 0 saturated heterocycles. The molecule has 1 aromatic heterocycles. The third kappa shape index (κ3) is 8.23. The standard InChI is InChI=1S/C25H41NO4/c1-7-10-22-21(15-17(4)26-22)20(18(5)19(6)27)12-9-14-24(29)25(30)23(28)13-8-11-16(2)3/h8-10,12-13,15-16,18-19,23-30H,7,11,14H2,1-6H3/b12-9+,13-8-,21-20-,22-10+. The van der Waals surface area contributed by atoms with E-state index in [1.54, 1.807) is 19.1 Å². The Balaban J connectivity index is 3.06. The predicted octanol–water partition coefficient (Wildman–Crippen LogP) is 2.31. The summed E-state index contributed by atoms with van der Waals surface area (Å²) >= 11 is 0. The van der Waals surface area contributed by atoms with Gasteiger partial charge in [0.25, 0.3) is 0 Å². The Hall–Kier alpha value is -1.66. The summed E-state index contributed by atoms with van der Waals surface area (Å²) in [6.07, 6.45) is 7.11. The van der Waals surface area contributed by atoms with Crippen LogP contribution in [-0.2, 0) is 0 Å². The Labute approximate surface area is 181 Å². The molecule has 5 nitrogen and oxygen atoms in total. The van der Waals surface area contributed by atoms with Crippen LogP contribution in [0.5, 0.6) is 0 Å². The fourth-order valence-corrected chi connectivity index (χ4v) is 3.27. The van der Waals surface area contributed by atoms with Crippen LogP contribution >= 0.6 is 0 Å². The van der Waals surface area contributed by atoms with Gasteiger partial charge in [-0.2, -0.15) is 0 Å². The van der Waals surface area contributed by atoms with Gasteiger partial charge in [-0.25, -0.2) is 0 Å². The topological polar surface area (TPSA) is 96.7 Å². The minimum absolute atomic E-state index is 0.105. The van der Waals surface area contributed by atoms with E-state index in [0.29, 0.717) is 5.92 Å². The minimum Gasteiger partial charge on any atom is -0.393 e. The molecule has 170 valence electrons. The molecule has 5 N–H and O–H groups in total. The second-order valence-electron chi connectivity index (χ2n) is 8.62. The summed E-state index contributed by atoms with van der Waals surface area (Å²) in [6, 6.07) is 2.06. The fourth-order valence-electron chi connectivity index (χ4n) is 3.27. The van der Waals surface area contributed by atoms with E-state index in [2.05, 4.69) is 37.9 Å². The van der Waals surface area contributed by atoms with E-state index in [1.807, 2.05) is 26.0 Å². The lowest BCUT2D eigenvalue weighted by atomic mass is 9.93. The van der Waals surface area contributed by atoms with E-state index in [9.17, 15) is 20.4 Å². The zero-order valence-electron chi connectivity index (χ0n) is 19.3. The van der Waals surface area contributed by atoms with Gasteiger partial charge in [-0.15, -0.1) is 0 Å². The first kappa shape index (κ1) is 26.4. The van der Waals surface area contributed by atoms with Gasteiger partial charge < -0.3 is 25.4 Å². The summed E-state index contributed by atoms with van der Waals surface area (Å²) in [5.74, 6) is 0.363. The second-order valence-corrected chi connectivity index (χ2v) is 8.62. The van der Waals surface area contributed by atoms with Crippen molar-refractivity contribution in [3.05, 3.63) is 46.6 Å². The molecule has 5 unspecified atom stereocenters. The van der Waals surface area contributed by atoms with Crippen molar-refractivity contribution in [1.29, 1.82) is 0 Å². The minimum atomic E-state index is -1.26. The van der Waals surface area contributed by atoms with Crippen molar-refractivity contribution < 1.29 is 20.4 Å². The Morgan fingerprint density at radius 1 is 1.03 bits per heavy atom. The highest BCUT2D eigenvalue weighted by molar-refractivity contribution is 5.59. The van der Waals surface area contributed by atoms with Crippen LogP contribution in [0, 0.1) is 18.8 Å². The SMILES string of the molecule is CC/C=c1/[nH]c(C)c/c1=C(\C=C\CC(O)C(O)C(O)/C=C\CC(C)C)C(C)C(C)O. The number of allylic oxidation sites excluding steroid dienone is 2. The normalized spacial score (nSPS) is 19.5. The molecule has 0 radical (unpaired) electrons. The Kier molecular flexibility index (Phi) is 11.3. The van der Waals surface area contributed by atoms with Gasteiger partial charge in [-0.3, -0.25) is 0 Å². The molecule has 0 spiro atoms. The molecule has 0 aliphatic carbocycles. The first-order valence-electron chi connectivity index (χ1n) is 11.0. The number of aliphatic hydroxyl groups is 4. The molecule has 0 fully saturated rings. The third-order valence-electron chi connectivity index (χ3n) is 5.28. The Bertz CT molecular complexity index is 804. The number of aromatic amines is 1. The van der Waals surface area contributed by atoms with Crippen LogP contribution in [0.3, 0.4) is 0 Å². The monoisotopic (exact) mass is 419 g/mol. The summed E-state index contributed by atoms with van der Waals surface area (Å²) in [5.41, 5.74) is 2.01. The van der Waals surface area contributed by atoms with Gasteiger partial charge in [-0.1, -0.05) is 58.1 Å². The summed E-state index contributed by atoms with van der Waals surface area (Å²) in [6.45, 7) is 12.0. The summed E-state index contributed by atoms with van der Waals surface area (Å²) in [7, 11) is 0. The second kappa shape index (κ2) is 12.9. The molecule has 5 atom stereocenters. The van der Waals surface area contributed by atoms with E-state index < -0.39 is 24.4 Å². The fraction of sp³-hybridized carbons (Fsp3) is 0.600. The highest BCUT2D eigenvalue weighted by Gasteiger charge is 2.22. The van der Waals surface area contributed by atoms with Crippen LogP contribution in [0.1, 0.15) is 59.6 Å². The van der Waals surface area contributed by atoms with Crippen LogP contribution in [0.15, 0.2) is 30.4 Å². The average Bonchev–Trinajstić information content (AvgIpc) is 3.03. The molecule has 30 heavy (non-hydrogen) atoms. The zero-order chi connectivity index (χ0) is 22.8. The van der Waals surface area contributed by atoms with Crippen LogP contribution in [0.2, 0.25) is 0 Å². The van der Waals surface area contributed by atoms with Crippen molar-refractivity contribution >= 4 is 11.6 Å². The van der Waals surface area contributed by atoms with Crippen molar-refractivity contribution in [1.82, 2.24) is 4.98 Å². The van der Waals surface area contributed by atoms with Crippen LogP contribution in [0.25, 0.3) is 11.6 Å². The van der Waals surface area contributed by atoms with Crippen molar-refractivity contribution in [2.75, 3.05) is 0 Å². The molecule has 1 rings (SSSR count). The number of hydrogen-bond acceptors (Lipinski definition) is 4. The number of nitrogens with one attached hydrogen (secondary N) is 1. The zero-order valence-corrected chi connectivity index (χ0v) is 19.3. The first-order valence-corrected chi connectivity index (χ1v) is 11.0. The molecule has 0 aliphatic rings. The maximum Gasteiger partial charge on any atom is 0.110 e. The number of hydrogen-bond donors (Lipinski definition) is 5. The molecular weight excluding hydrogens is 378 g/mol. The van der Waals surface area contributed by atoms with E-state index in [0.717, 1.165) is 34.7 Å². The predicted molar refractivity (Wildman–Crippen MR) is 124 cm³/mol. The maximum absolute atomic E-state index is 10.3. The molecule has 1 aromatic rings. The number of aliphatic hydroxyl groups excluding tert-OH is 4. The third-order valence-corrected chi connectivity index (χ3v) is 5.28. The summed E-state index contributed by atoms with van der Waals surface area (Å²) in [4.78, 5) is 3.36. The number of aryl methyl sites for hydroxylation is 1. The molecule has 0 aliphatic heterocycles. The number of H-pyrrole nitrogens is 1. The van der Waals surface area contributed by atoms with E-state index >= 15 is 0 Å². The van der Waals surface area contributed by atoms with Gasteiger partial charge in [-0.05, 0) is 50.7 Å². The largest absolute Gasteiger partial charge is 0.393 e. The van der Waals surface area contributed by atoms with Gasteiger partial charge in [0, 0.05) is 22.2 Å². The average molecular weight is 420 g/mol. The number of rotatable bonds is 11. The molecule has 0 aromatic carbocycles. The van der Waals surface area contributed by atoms with Crippen LogP contribution in [0.4, 0.5) is 0 Å². The first-order chi connectivity index (χ1) is 14.1. The van der Waals surface area contributed by atoms with Gasteiger partial charge in [0.15, 0.2) is 0 Å². The smallest absolute Gasteiger partial charge is 0.110 e. The van der Waals surface area contributed by atoms with Crippen molar-refractivity contribution in [2.24, 2.45) is 11.8 Å². The quantitative estimate of drug-likeness (QED) is 0.356. The van der Waals surface area contributed by atoms with Gasteiger partial charge >= 0.3 is 0 Å². The highest BCUT2D eigenvalue weighted by Crippen LogP contribution is 2.17. The number of aromatic nitrogens is 1. The van der Waals surface area contributed by atoms with Crippen LogP contribution in [-0.4, -0.2) is 49.8 Å². The highest BCUT2D eigenvalue weighted by atomic mass is 16.4. The molecule has 5 heteroatoms. The summed E-state index contributed by atoms with van der Waals surface area (Å²) < 4.78 is 0. The van der Waals surface area contributed by atoms with Gasteiger partial charge in [0.05, 0.1) is 12.2 Å². The Morgan fingerprint density at radius 2 is 1.70 bits per heavy atom. The van der Waals surface area contributed by atoms with Crippen molar-refractivity contribution in [3.8, 4) is 0 Å². The van der Waals surface area contributed by atoms with Crippen molar-refractivity contribution in [3.63, 3.8) is 0 Å². The lowest BCUT2D eigenvalue weighted by Gasteiger charge is -2.20. The molecule has 0 bridgehead atoms. The molecule has 1 heterocycles. The van der Waals surface area contributed by atoms with Gasteiger partial charge in [0.1, 0.15) is 12.2 Å². The lowest BCUT2D eigenvalue weighted by Crippen LogP contribution is -2.35.